The highest BCUT2D eigenvalue weighted by Crippen LogP contribution is 2.21. The Morgan fingerprint density at radius 1 is 1.35 bits per heavy atom. The lowest BCUT2D eigenvalue weighted by Gasteiger charge is -2.25. The number of methoxy groups -OCH3 is 1. The van der Waals surface area contributed by atoms with Crippen LogP contribution < -0.4 is 15.4 Å². The molecule has 1 fully saturated rings. The number of hydrogen-bond acceptors (Lipinski definition) is 3. The van der Waals surface area contributed by atoms with E-state index in [1.54, 1.807) is 7.11 Å². The van der Waals surface area contributed by atoms with Gasteiger partial charge in [-0.3, -0.25) is 4.79 Å². The second-order valence-corrected chi connectivity index (χ2v) is 5.27. The first-order chi connectivity index (χ1) is 9.74. The summed E-state index contributed by atoms with van der Waals surface area (Å²) in [7, 11) is 1.66. The topological polar surface area (TPSA) is 50.4 Å². The van der Waals surface area contributed by atoms with Crippen molar-refractivity contribution in [1.82, 2.24) is 10.6 Å². The molecular formula is C16H24N2O2. The third-order valence-corrected chi connectivity index (χ3v) is 3.95. The first-order valence-electron chi connectivity index (χ1n) is 7.39. The van der Waals surface area contributed by atoms with E-state index in [1.165, 1.54) is 0 Å². The van der Waals surface area contributed by atoms with Gasteiger partial charge in [-0.15, -0.1) is 0 Å². The molecule has 1 amide bonds. The van der Waals surface area contributed by atoms with Gasteiger partial charge in [-0.1, -0.05) is 19.1 Å². The molecule has 1 aliphatic heterocycles. The highest BCUT2D eigenvalue weighted by atomic mass is 16.5. The quantitative estimate of drug-likeness (QED) is 0.867. The van der Waals surface area contributed by atoms with E-state index >= 15 is 0 Å². The number of amides is 1. The van der Waals surface area contributed by atoms with E-state index in [2.05, 4.69) is 17.6 Å². The van der Waals surface area contributed by atoms with E-state index < -0.39 is 0 Å². The Balaban J connectivity index is 1.98. The molecule has 4 nitrogen and oxygen atoms in total. The minimum Gasteiger partial charge on any atom is -0.497 e. The van der Waals surface area contributed by atoms with Crippen LogP contribution in [0.3, 0.4) is 0 Å². The third kappa shape index (κ3) is 3.73. The Labute approximate surface area is 120 Å². The Kier molecular flexibility index (Phi) is 5.41. The van der Waals surface area contributed by atoms with Crippen molar-refractivity contribution in [2.75, 3.05) is 20.2 Å². The fourth-order valence-electron chi connectivity index (χ4n) is 2.63. The molecule has 0 radical (unpaired) electrons. The van der Waals surface area contributed by atoms with Gasteiger partial charge in [0.15, 0.2) is 0 Å². The number of ether oxygens (including phenoxy) is 1. The van der Waals surface area contributed by atoms with E-state index in [9.17, 15) is 4.79 Å². The molecule has 20 heavy (non-hydrogen) atoms. The van der Waals surface area contributed by atoms with Gasteiger partial charge >= 0.3 is 0 Å². The molecule has 110 valence electrons. The van der Waals surface area contributed by atoms with Crippen LogP contribution in [0.1, 0.15) is 37.8 Å². The van der Waals surface area contributed by atoms with Gasteiger partial charge in [0.05, 0.1) is 13.2 Å². The molecule has 1 aromatic carbocycles. The maximum Gasteiger partial charge on any atom is 0.223 e. The van der Waals surface area contributed by atoms with Crippen molar-refractivity contribution in [3.63, 3.8) is 0 Å². The molecule has 1 aromatic rings. The van der Waals surface area contributed by atoms with Gasteiger partial charge in [0, 0.05) is 5.92 Å². The molecule has 0 saturated carbocycles. The van der Waals surface area contributed by atoms with Crippen molar-refractivity contribution in [3.8, 4) is 5.75 Å². The zero-order valence-electron chi connectivity index (χ0n) is 12.3. The molecular weight excluding hydrogens is 252 g/mol. The van der Waals surface area contributed by atoms with Crippen LogP contribution >= 0.6 is 0 Å². The molecule has 0 bridgehead atoms. The summed E-state index contributed by atoms with van der Waals surface area (Å²) in [4.78, 5) is 12.3. The van der Waals surface area contributed by atoms with Crippen molar-refractivity contribution in [3.05, 3.63) is 29.8 Å². The lowest BCUT2D eigenvalue weighted by molar-refractivity contribution is -0.126. The van der Waals surface area contributed by atoms with Crippen molar-refractivity contribution in [1.29, 1.82) is 0 Å². The zero-order chi connectivity index (χ0) is 14.4. The van der Waals surface area contributed by atoms with Crippen molar-refractivity contribution in [2.24, 2.45) is 5.92 Å². The average molecular weight is 276 g/mol. The summed E-state index contributed by atoms with van der Waals surface area (Å²) in [6.45, 7) is 3.98. The molecule has 0 aliphatic carbocycles. The minimum atomic E-state index is 0.0864. The van der Waals surface area contributed by atoms with Crippen LogP contribution in [0.25, 0.3) is 0 Å². The number of carbonyl (C=O) groups excluding carboxylic acids is 1. The normalized spacial score (nSPS) is 17.5. The first-order valence-corrected chi connectivity index (χ1v) is 7.39. The highest BCUT2D eigenvalue weighted by molar-refractivity contribution is 5.79. The highest BCUT2D eigenvalue weighted by Gasteiger charge is 2.23. The predicted molar refractivity (Wildman–Crippen MR) is 79.8 cm³/mol. The average Bonchev–Trinajstić information content (AvgIpc) is 2.53. The van der Waals surface area contributed by atoms with Crippen molar-refractivity contribution in [2.45, 2.75) is 32.2 Å². The van der Waals surface area contributed by atoms with Crippen molar-refractivity contribution < 1.29 is 9.53 Å². The summed E-state index contributed by atoms with van der Waals surface area (Å²) in [5.74, 6) is 1.19. The Bertz CT molecular complexity index is 425. The van der Waals surface area contributed by atoms with Crippen LogP contribution in [0.4, 0.5) is 0 Å². The SMILES string of the molecule is CCC(NC(=O)C1CCNCC1)c1ccc(OC)cc1. The summed E-state index contributed by atoms with van der Waals surface area (Å²) in [6.07, 6.45) is 2.76. The maximum absolute atomic E-state index is 12.3. The smallest absolute Gasteiger partial charge is 0.223 e. The van der Waals surface area contributed by atoms with Crippen molar-refractivity contribution >= 4 is 5.91 Å². The van der Waals surface area contributed by atoms with Gasteiger partial charge in [0.25, 0.3) is 0 Å². The van der Waals surface area contributed by atoms with Gasteiger partial charge < -0.3 is 15.4 Å². The number of piperidine rings is 1. The monoisotopic (exact) mass is 276 g/mol. The standard InChI is InChI=1S/C16H24N2O2/c1-3-15(12-4-6-14(20-2)7-5-12)18-16(19)13-8-10-17-11-9-13/h4-7,13,15,17H,3,8-11H2,1-2H3,(H,18,19). The van der Waals surface area contributed by atoms with Gasteiger partial charge in [0.1, 0.15) is 5.75 Å². The molecule has 1 saturated heterocycles. The molecule has 1 unspecified atom stereocenters. The molecule has 1 atom stereocenters. The summed E-state index contributed by atoms with van der Waals surface area (Å²) >= 11 is 0. The number of carbonyl (C=O) groups is 1. The fraction of sp³-hybridized carbons (Fsp3) is 0.562. The van der Waals surface area contributed by atoms with Gasteiger partial charge in [0.2, 0.25) is 5.91 Å². The Hall–Kier alpha value is -1.55. The number of rotatable bonds is 5. The van der Waals surface area contributed by atoms with E-state index in [4.69, 9.17) is 4.74 Å². The summed E-state index contributed by atoms with van der Waals surface area (Å²) in [5, 5.41) is 6.47. The van der Waals surface area contributed by atoms with Gasteiger partial charge in [-0.25, -0.2) is 0 Å². The van der Waals surface area contributed by atoms with E-state index in [-0.39, 0.29) is 17.9 Å². The molecule has 2 rings (SSSR count). The van der Waals surface area contributed by atoms with Crippen LogP contribution in [0.2, 0.25) is 0 Å². The maximum atomic E-state index is 12.3. The van der Waals surface area contributed by atoms with Gasteiger partial charge in [-0.2, -0.15) is 0 Å². The fourth-order valence-corrected chi connectivity index (χ4v) is 2.63. The molecule has 0 spiro atoms. The molecule has 0 aromatic heterocycles. The van der Waals surface area contributed by atoms with E-state index in [0.29, 0.717) is 0 Å². The predicted octanol–water partition coefficient (Wildman–Crippen LogP) is 2.26. The summed E-state index contributed by atoms with van der Waals surface area (Å²) in [5.41, 5.74) is 1.13. The molecule has 1 aliphatic rings. The van der Waals surface area contributed by atoms with Crippen LogP contribution in [0.15, 0.2) is 24.3 Å². The molecule has 4 heteroatoms. The Morgan fingerprint density at radius 2 is 2.00 bits per heavy atom. The largest absolute Gasteiger partial charge is 0.497 e. The van der Waals surface area contributed by atoms with Crippen LogP contribution in [0, 0.1) is 5.92 Å². The van der Waals surface area contributed by atoms with E-state index in [0.717, 1.165) is 43.7 Å². The molecule has 1 heterocycles. The second-order valence-electron chi connectivity index (χ2n) is 5.27. The summed E-state index contributed by atoms with van der Waals surface area (Å²) < 4.78 is 5.16. The third-order valence-electron chi connectivity index (χ3n) is 3.95. The van der Waals surface area contributed by atoms with Crippen LogP contribution in [-0.4, -0.2) is 26.1 Å². The van der Waals surface area contributed by atoms with Crippen LogP contribution in [0.5, 0.6) is 5.75 Å². The Morgan fingerprint density at radius 3 is 2.55 bits per heavy atom. The second kappa shape index (κ2) is 7.29. The number of hydrogen-bond donors (Lipinski definition) is 2. The molecule has 2 N–H and O–H groups in total. The van der Waals surface area contributed by atoms with Gasteiger partial charge in [-0.05, 0) is 50.0 Å². The number of nitrogens with one attached hydrogen (secondary N) is 2. The summed E-state index contributed by atoms with van der Waals surface area (Å²) in [6, 6.07) is 8.01. The lowest BCUT2D eigenvalue weighted by atomic mass is 9.96. The number of benzene rings is 1. The first kappa shape index (κ1) is 14.9. The van der Waals surface area contributed by atoms with E-state index in [1.807, 2.05) is 24.3 Å². The minimum absolute atomic E-state index is 0.0864. The zero-order valence-corrected chi connectivity index (χ0v) is 12.3. The van der Waals surface area contributed by atoms with Crippen LogP contribution in [-0.2, 0) is 4.79 Å². The lowest BCUT2D eigenvalue weighted by Crippen LogP contribution is -2.39.